The van der Waals surface area contributed by atoms with Crippen LogP contribution in [0.5, 0.6) is 0 Å². The number of aromatic nitrogens is 2. The summed E-state index contributed by atoms with van der Waals surface area (Å²) in [5.41, 5.74) is 7.42. The van der Waals surface area contributed by atoms with Gasteiger partial charge in [0, 0.05) is 43.5 Å². The second-order valence-corrected chi connectivity index (χ2v) is 8.99. The molecule has 4 nitrogen and oxygen atoms in total. The molecular weight excluding hydrogens is 435 g/mol. The second-order valence-electron chi connectivity index (χ2n) is 8.99. The largest absolute Gasteiger partial charge is 0.350 e. The van der Waals surface area contributed by atoms with Crippen molar-refractivity contribution in [3.05, 3.63) is 94.6 Å². The predicted octanol–water partition coefficient (Wildman–Crippen LogP) is 5.58. The van der Waals surface area contributed by atoms with Crippen molar-refractivity contribution in [2.24, 2.45) is 0 Å². The standard InChI is InChI=1S/C27H29FN4.ClH/c1-19-25(18-30(2)3)24-11-13-29-27(31-14-12-21-8-4-5-9-22(21)17-31)26(24)32(19)16-20-7-6-10-23(28)15-20;/h4-11,13,15H,12,14,16-18H2,1-3H3;1H. The minimum atomic E-state index is -0.198. The van der Waals surface area contributed by atoms with Crippen LogP contribution in [0.2, 0.25) is 0 Å². The zero-order chi connectivity index (χ0) is 22.2. The molecule has 0 bridgehead atoms. The highest BCUT2D eigenvalue weighted by Gasteiger charge is 2.24. The van der Waals surface area contributed by atoms with Crippen molar-refractivity contribution >= 4 is 29.1 Å². The van der Waals surface area contributed by atoms with Crippen molar-refractivity contribution in [2.75, 3.05) is 25.5 Å². The minimum absolute atomic E-state index is 0. The van der Waals surface area contributed by atoms with Gasteiger partial charge in [-0.25, -0.2) is 9.37 Å². The molecule has 5 rings (SSSR count). The molecule has 172 valence electrons. The lowest BCUT2D eigenvalue weighted by atomic mass is 10.00. The van der Waals surface area contributed by atoms with E-state index in [2.05, 4.69) is 65.7 Å². The molecule has 1 aliphatic rings. The fourth-order valence-corrected chi connectivity index (χ4v) is 4.92. The SMILES string of the molecule is Cc1c(CN(C)C)c2ccnc(N3CCc4ccccc4C3)c2n1Cc1cccc(F)c1.Cl. The van der Waals surface area contributed by atoms with Crippen LogP contribution in [0.1, 0.15) is 27.9 Å². The monoisotopic (exact) mass is 464 g/mol. The average molecular weight is 465 g/mol. The fourth-order valence-electron chi connectivity index (χ4n) is 4.92. The van der Waals surface area contributed by atoms with Gasteiger partial charge in [-0.05, 0) is 67.9 Å². The molecule has 0 unspecified atom stereocenters. The Bertz CT molecular complexity index is 1280. The van der Waals surface area contributed by atoms with E-state index in [0.717, 1.165) is 43.0 Å². The summed E-state index contributed by atoms with van der Waals surface area (Å²) in [5.74, 6) is 0.817. The summed E-state index contributed by atoms with van der Waals surface area (Å²) in [4.78, 5) is 9.47. The van der Waals surface area contributed by atoms with Crippen molar-refractivity contribution in [3.8, 4) is 0 Å². The molecule has 0 saturated carbocycles. The van der Waals surface area contributed by atoms with Crippen LogP contribution in [-0.4, -0.2) is 35.1 Å². The molecule has 0 aliphatic carbocycles. The quantitative estimate of drug-likeness (QED) is 0.385. The lowest BCUT2D eigenvalue weighted by Crippen LogP contribution is -2.31. The predicted molar refractivity (Wildman–Crippen MR) is 136 cm³/mol. The van der Waals surface area contributed by atoms with E-state index in [1.54, 1.807) is 12.1 Å². The van der Waals surface area contributed by atoms with E-state index in [0.29, 0.717) is 6.54 Å². The van der Waals surface area contributed by atoms with Crippen LogP contribution in [0.25, 0.3) is 10.9 Å². The van der Waals surface area contributed by atoms with Crippen molar-refractivity contribution in [1.82, 2.24) is 14.5 Å². The maximum absolute atomic E-state index is 13.9. The summed E-state index contributed by atoms with van der Waals surface area (Å²) in [5, 5.41) is 1.23. The first-order valence-electron chi connectivity index (χ1n) is 11.2. The van der Waals surface area contributed by atoms with Crippen molar-refractivity contribution in [3.63, 3.8) is 0 Å². The molecule has 4 aromatic rings. The van der Waals surface area contributed by atoms with Crippen LogP contribution >= 0.6 is 12.4 Å². The first kappa shape index (κ1) is 23.3. The van der Waals surface area contributed by atoms with Gasteiger partial charge in [-0.1, -0.05) is 36.4 Å². The minimum Gasteiger partial charge on any atom is -0.350 e. The van der Waals surface area contributed by atoms with E-state index >= 15 is 0 Å². The maximum Gasteiger partial charge on any atom is 0.153 e. The first-order valence-corrected chi connectivity index (χ1v) is 11.2. The van der Waals surface area contributed by atoms with Gasteiger partial charge in [-0.2, -0.15) is 0 Å². The Kier molecular flexibility index (Phi) is 6.73. The van der Waals surface area contributed by atoms with Crippen LogP contribution in [0.3, 0.4) is 0 Å². The van der Waals surface area contributed by atoms with E-state index in [1.807, 2.05) is 12.3 Å². The fraction of sp³-hybridized carbons (Fsp3) is 0.296. The smallest absolute Gasteiger partial charge is 0.153 e. The number of fused-ring (bicyclic) bond motifs is 2. The highest BCUT2D eigenvalue weighted by molar-refractivity contribution is 5.94. The normalized spacial score (nSPS) is 13.3. The van der Waals surface area contributed by atoms with Gasteiger partial charge in [0.05, 0.1) is 5.52 Å². The third kappa shape index (κ3) is 4.48. The zero-order valence-corrected chi connectivity index (χ0v) is 20.2. The number of nitrogens with zero attached hydrogens (tertiary/aromatic N) is 4. The molecule has 3 heterocycles. The summed E-state index contributed by atoms with van der Waals surface area (Å²) in [6, 6.07) is 17.7. The molecule has 0 radical (unpaired) electrons. The Morgan fingerprint density at radius 2 is 1.82 bits per heavy atom. The average Bonchev–Trinajstić information content (AvgIpc) is 3.04. The van der Waals surface area contributed by atoms with E-state index in [1.165, 1.54) is 33.8 Å². The molecule has 6 heteroatoms. The Morgan fingerprint density at radius 1 is 1.03 bits per heavy atom. The highest BCUT2D eigenvalue weighted by Crippen LogP contribution is 2.35. The lowest BCUT2D eigenvalue weighted by molar-refractivity contribution is 0.402. The van der Waals surface area contributed by atoms with Gasteiger partial charge in [-0.3, -0.25) is 0 Å². The van der Waals surface area contributed by atoms with Gasteiger partial charge < -0.3 is 14.4 Å². The first-order chi connectivity index (χ1) is 15.5. The van der Waals surface area contributed by atoms with Crippen LogP contribution in [0.15, 0.2) is 60.8 Å². The Balaban J connectivity index is 0.00000259. The lowest BCUT2D eigenvalue weighted by Gasteiger charge is -2.30. The topological polar surface area (TPSA) is 24.3 Å². The number of rotatable bonds is 5. The van der Waals surface area contributed by atoms with E-state index < -0.39 is 0 Å². The van der Waals surface area contributed by atoms with Crippen LogP contribution in [-0.2, 0) is 26.1 Å². The Morgan fingerprint density at radius 3 is 2.58 bits per heavy atom. The Hall–Kier alpha value is -2.89. The highest BCUT2D eigenvalue weighted by atomic mass is 35.5. The summed E-state index contributed by atoms with van der Waals surface area (Å²) in [7, 11) is 4.19. The number of anilines is 1. The summed E-state index contributed by atoms with van der Waals surface area (Å²) < 4.78 is 16.3. The summed E-state index contributed by atoms with van der Waals surface area (Å²) in [6.45, 7) is 5.45. The Labute approximate surface area is 201 Å². The summed E-state index contributed by atoms with van der Waals surface area (Å²) in [6.07, 6.45) is 2.95. The van der Waals surface area contributed by atoms with Crippen molar-refractivity contribution in [2.45, 2.75) is 33.0 Å². The maximum atomic E-state index is 13.9. The van der Waals surface area contributed by atoms with Gasteiger partial charge in [0.25, 0.3) is 0 Å². The van der Waals surface area contributed by atoms with Crippen LogP contribution in [0.4, 0.5) is 10.2 Å². The van der Waals surface area contributed by atoms with Gasteiger partial charge in [0.15, 0.2) is 5.82 Å². The van der Waals surface area contributed by atoms with Gasteiger partial charge in [0.2, 0.25) is 0 Å². The number of pyridine rings is 1. The molecule has 1 aliphatic heterocycles. The third-order valence-corrected chi connectivity index (χ3v) is 6.48. The summed E-state index contributed by atoms with van der Waals surface area (Å²) >= 11 is 0. The van der Waals surface area contributed by atoms with E-state index in [-0.39, 0.29) is 18.2 Å². The molecule has 0 spiro atoms. The van der Waals surface area contributed by atoms with Crippen LogP contribution in [0, 0.1) is 12.7 Å². The molecule has 2 aromatic carbocycles. The van der Waals surface area contributed by atoms with Crippen LogP contribution < -0.4 is 4.90 Å². The van der Waals surface area contributed by atoms with Gasteiger partial charge >= 0.3 is 0 Å². The molecule has 0 amide bonds. The van der Waals surface area contributed by atoms with E-state index in [9.17, 15) is 4.39 Å². The number of benzene rings is 2. The van der Waals surface area contributed by atoms with Gasteiger partial charge in [0.1, 0.15) is 5.82 Å². The number of hydrogen-bond donors (Lipinski definition) is 0. The molecule has 0 N–H and O–H groups in total. The van der Waals surface area contributed by atoms with Gasteiger partial charge in [-0.15, -0.1) is 12.4 Å². The molecule has 0 saturated heterocycles. The molecule has 0 atom stereocenters. The molecule has 0 fully saturated rings. The van der Waals surface area contributed by atoms with E-state index in [4.69, 9.17) is 4.98 Å². The number of hydrogen-bond acceptors (Lipinski definition) is 3. The molecule has 2 aromatic heterocycles. The zero-order valence-electron chi connectivity index (χ0n) is 19.4. The number of halogens is 2. The molecule has 33 heavy (non-hydrogen) atoms. The second kappa shape index (κ2) is 9.54. The molecular formula is C27H30ClFN4. The van der Waals surface area contributed by atoms with Crippen molar-refractivity contribution < 1.29 is 4.39 Å². The third-order valence-electron chi connectivity index (χ3n) is 6.48. The van der Waals surface area contributed by atoms with Crippen molar-refractivity contribution in [1.29, 1.82) is 0 Å².